The van der Waals surface area contributed by atoms with Crippen molar-refractivity contribution < 1.29 is 18.0 Å². The number of hydrogen-bond acceptors (Lipinski definition) is 5. The zero-order valence-corrected chi connectivity index (χ0v) is 17.9. The normalized spacial score (nSPS) is 11.0. The Bertz CT molecular complexity index is 1200. The second kappa shape index (κ2) is 9.16. The van der Waals surface area contributed by atoms with E-state index in [9.17, 15) is 18.0 Å². The first-order chi connectivity index (χ1) is 14.2. The van der Waals surface area contributed by atoms with Crippen LogP contribution in [0.2, 0.25) is 0 Å². The van der Waals surface area contributed by atoms with Gasteiger partial charge < -0.3 is 10.6 Å². The van der Waals surface area contributed by atoms with Crippen LogP contribution in [0, 0.1) is 0 Å². The van der Waals surface area contributed by atoms with Gasteiger partial charge >= 0.3 is 0 Å². The standard InChI is InChI=1S/C20H17BrN4O4S/c21-18-5-4-16(30(22,28)29)11-17(18)20(27)24-12-13-2-1-3-15(10-13)25-19(26)14-6-8-23-9-7-14/h1-11H,12H2,(H,24,27)(H,25,26)(H2,22,28,29). The maximum atomic E-state index is 12.5. The minimum atomic E-state index is -3.93. The molecule has 0 atom stereocenters. The third-order valence-electron chi connectivity index (χ3n) is 4.09. The minimum absolute atomic E-state index is 0.142. The number of sulfonamides is 1. The Morgan fingerprint density at radius 1 is 1.00 bits per heavy atom. The zero-order chi connectivity index (χ0) is 21.7. The number of nitrogens with zero attached hydrogens (tertiary/aromatic N) is 1. The van der Waals surface area contributed by atoms with Gasteiger partial charge in [-0.15, -0.1) is 0 Å². The summed E-state index contributed by atoms with van der Waals surface area (Å²) in [4.78, 5) is 28.5. The van der Waals surface area contributed by atoms with Gasteiger partial charge in [0.15, 0.2) is 0 Å². The number of hydrogen-bond donors (Lipinski definition) is 3. The van der Waals surface area contributed by atoms with E-state index < -0.39 is 15.9 Å². The highest BCUT2D eigenvalue weighted by Crippen LogP contribution is 2.21. The lowest BCUT2D eigenvalue weighted by molar-refractivity contribution is 0.0949. The summed E-state index contributed by atoms with van der Waals surface area (Å²) < 4.78 is 23.5. The van der Waals surface area contributed by atoms with Crippen LogP contribution in [0.25, 0.3) is 0 Å². The van der Waals surface area contributed by atoms with Crippen molar-refractivity contribution in [3.63, 3.8) is 0 Å². The third kappa shape index (κ3) is 5.50. The number of pyridine rings is 1. The van der Waals surface area contributed by atoms with E-state index in [0.717, 1.165) is 5.56 Å². The van der Waals surface area contributed by atoms with Gasteiger partial charge in [-0.1, -0.05) is 12.1 Å². The van der Waals surface area contributed by atoms with Crippen molar-refractivity contribution >= 4 is 43.5 Å². The molecule has 3 aromatic rings. The van der Waals surface area contributed by atoms with Gasteiger partial charge in [0.05, 0.1) is 10.5 Å². The molecule has 4 N–H and O–H groups in total. The van der Waals surface area contributed by atoms with Crippen LogP contribution < -0.4 is 15.8 Å². The van der Waals surface area contributed by atoms with Gasteiger partial charge in [0.25, 0.3) is 11.8 Å². The molecule has 0 spiro atoms. The van der Waals surface area contributed by atoms with E-state index in [4.69, 9.17) is 5.14 Å². The smallest absolute Gasteiger partial charge is 0.255 e. The van der Waals surface area contributed by atoms with Crippen LogP contribution >= 0.6 is 15.9 Å². The van der Waals surface area contributed by atoms with Crippen molar-refractivity contribution in [2.75, 3.05) is 5.32 Å². The van der Waals surface area contributed by atoms with Gasteiger partial charge in [-0.25, -0.2) is 13.6 Å². The summed E-state index contributed by atoms with van der Waals surface area (Å²) in [5.41, 5.74) is 1.93. The number of nitrogens with two attached hydrogens (primary N) is 1. The Hall–Kier alpha value is -3.08. The van der Waals surface area contributed by atoms with Gasteiger partial charge in [0.1, 0.15) is 0 Å². The molecule has 0 saturated carbocycles. The second-order valence-corrected chi connectivity index (χ2v) is 8.68. The molecular weight excluding hydrogens is 472 g/mol. The zero-order valence-electron chi connectivity index (χ0n) is 15.5. The first-order valence-corrected chi connectivity index (χ1v) is 11.0. The summed E-state index contributed by atoms with van der Waals surface area (Å²) in [6.45, 7) is 0.170. The lowest BCUT2D eigenvalue weighted by Gasteiger charge is -2.10. The van der Waals surface area contributed by atoms with Crippen molar-refractivity contribution in [3.05, 3.63) is 88.2 Å². The fourth-order valence-corrected chi connectivity index (χ4v) is 3.57. The van der Waals surface area contributed by atoms with E-state index in [1.807, 2.05) is 0 Å². The Morgan fingerprint density at radius 2 is 1.73 bits per heavy atom. The summed E-state index contributed by atoms with van der Waals surface area (Å²) in [6, 6.07) is 14.2. The van der Waals surface area contributed by atoms with Crippen LogP contribution in [-0.2, 0) is 16.6 Å². The lowest BCUT2D eigenvalue weighted by Crippen LogP contribution is -2.24. The summed E-state index contributed by atoms with van der Waals surface area (Å²) in [5.74, 6) is -0.749. The van der Waals surface area contributed by atoms with Crippen molar-refractivity contribution in [2.24, 2.45) is 5.14 Å². The van der Waals surface area contributed by atoms with Gasteiger partial charge in [-0.3, -0.25) is 14.6 Å². The first-order valence-electron chi connectivity index (χ1n) is 8.65. The lowest BCUT2D eigenvalue weighted by atomic mass is 10.1. The highest BCUT2D eigenvalue weighted by molar-refractivity contribution is 9.10. The quantitative estimate of drug-likeness (QED) is 0.490. The summed E-state index contributed by atoms with van der Waals surface area (Å²) in [7, 11) is -3.93. The van der Waals surface area contributed by atoms with E-state index >= 15 is 0 Å². The van der Waals surface area contributed by atoms with Gasteiger partial charge in [-0.05, 0) is 64.0 Å². The molecule has 0 radical (unpaired) electrons. The Morgan fingerprint density at radius 3 is 2.43 bits per heavy atom. The van der Waals surface area contributed by atoms with Gasteiger partial charge in [0.2, 0.25) is 10.0 Å². The highest BCUT2D eigenvalue weighted by Gasteiger charge is 2.15. The van der Waals surface area contributed by atoms with Crippen molar-refractivity contribution in [2.45, 2.75) is 11.4 Å². The molecule has 1 heterocycles. The number of carbonyl (C=O) groups is 2. The number of anilines is 1. The molecule has 3 rings (SSSR count). The second-order valence-electron chi connectivity index (χ2n) is 6.26. The Kier molecular flexibility index (Phi) is 6.60. The maximum Gasteiger partial charge on any atom is 0.255 e. The van der Waals surface area contributed by atoms with Crippen LogP contribution in [0.15, 0.2) is 76.4 Å². The van der Waals surface area contributed by atoms with Crippen molar-refractivity contribution in [1.29, 1.82) is 0 Å². The average molecular weight is 489 g/mol. The van der Waals surface area contributed by atoms with Crippen molar-refractivity contribution in [3.8, 4) is 0 Å². The number of aromatic nitrogens is 1. The minimum Gasteiger partial charge on any atom is -0.348 e. The number of halogens is 1. The molecule has 0 bridgehead atoms. The van der Waals surface area contributed by atoms with Crippen LogP contribution in [-0.4, -0.2) is 25.2 Å². The number of primary sulfonamides is 1. The van der Waals surface area contributed by atoms with E-state index in [2.05, 4.69) is 31.5 Å². The van der Waals surface area contributed by atoms with E-state index in [0.29, 0.717) is 15.7 Å². The molecule has 0 aliphatic heterocycles. The maximum absolute atomic E-state index is 12.5. The van der Waals surface area contributed by atoms with Gasteiger partial charge in [0, 0.05) is 34.7 Å². The first kappa shape index (κ1) is 21.6. The fourth-order valence-electron chi connectivity index (χ4n) is 2.60. The molecule has 10 heteroatoms. The number of rotatable bonds is 6. The highest BCUT2D eigenvalue weighted by atomic mass is 79.9. The molecule has 0 aliphatic rings. The van der Waals surface area contributed by atoms with E-state index in [1.54, 1.807) is 36.4 Å². The predicted octanol–water partition coefficient (Wildman–Crippen LogP) is 2.67. The van der Waals surface area contributed by atoms with Gasteiger partial charge in [-0.2, -0.15) is 0 Å². The number of benzene rings is 2. The molecule has 0 fully saturated rings. The van der Waals surface area contributed by atoms with Crippen LogP contribution in [0.4, 0.5) is 5.69 Å². The van der Waals surface area contributed by atoms with E-state index in [1.165, 1.54) is 30.6 Å². The molecule has 30 heavy (non-hydrogen) atoms. The molecular formula is C20H17BrN4O4S. The topological polar surface area (TPSA) is 131 Å². The third-order valence-corrected chi connectivity index (χ3v) is 5.69. The molecule has 2 aromatic carbocycles. The van der Waals surface area contributed by atoms with Crippen LogP contribution in [0.5, 0.6) is 0 Å². The summed E-state index contributed by atoms with van der Waals surface area (Å²) in [6.07, 6.45) is 3.06. The Balaban J connectivity index is 1.69. The van der Waals surface area contributed by atoms with Crippen molar-refractivity contribution in [1.82, 2.24) is 10.3 Å². The number of amides is 2. The monoisotopic (exact) mass is 488 g/mol. The molecule has 1 aromatic heterocycles. The summed E-state index contributed by atoms with van der Waals surface area (Å²) >= 11 is 3.24. The molecule has 2 amide bonds. The average Bonchev–Trinajstić information content (AvgIpc) is 2.72. The molecule has 0 saturated heterocycles. The molecule has 8 nitrogen and oxygen atoms in total. The van der Waals surface area contributed by atoms with Crippen LogP contribution in [0.1, 0.15) is 26.3 Å². The largest absolute Gasteiger partial charge is 0.348 e. The number of nitrogens with one attached hydrogen (secondary N) is 2. The SMILES string of the molecule is NS(=O)(=O)c1ccc(Br)c(C(=O)NCc2cccc(NC(=O)c3ccncc3)c2)c1. The molecule has 0 unspecified atom stereocenters. The number of carbonyl (C=O) groups excluding carboxylic acids is 2. The molecule has 154 valence electrons. The summed E-state index contributed by atoms with van der Waals surface area (Å²) in [5, 5.41) is 10.6. The molecule has 0 aliphatic carbocycles. The fraction of sp³-hybridized carbons (Fsp3) is 0.0500. The Labute approximate surface area is 181 Å². The van der Waals surface area contributed by atoms with E-state index in [-0.39, 0.29) is 22.9 Å². The van der Waals surface area contributed by atoms with Crippen LogP contribution in [0.3, 0.4) is 0 Å². The predicted molar refractivity (Wildman–Crippen MR) is 115 cm³/mol.